The Balaban J connectivity index is 1.22. The fourth-order valence-electron chi connectivity index (χ4n) is 7.30. The van der Waals surface area contributed by atoms with Gasteiger partial charge in [-0.2, -0.15) is 0 Å². The number of pyridine rings is 2. The lowest BCUT2D eigenvalue weighted by Crippen LogP contribution is -2.10. The van der Waals surface area contributed by atoms with Crippen molar-refractivity contribution in [2.24, 2.45) is 0 Å². The predicted molar refractivity (Wildman–Crippen MR) is 209 cm³/mol. The van der Waals surface area contributed by atoms with Crippen LogP contribution in [0.2, 0.25) is 0 Å². The van der Waals surface area contributed by atoms with Crippen LogP contribution in [0, 0.1) is 0 Å². The molecule has 0 atom stereocenters. The number of para-hydroxylation sites is 3. The van der Waals surface area contributed by atoms with E-state index in [1.54, 1.807) is 0 Å². The van der Waals surface area contributed by atoms with Gasteiger partial charge in [0.25, 0.3) is 0 Å². The van der Waals surface area contributed by atoms with Gasteiger partial charge in [-0.05, 0) is 89.0 Å². The van der Waals surface area contributed by atoms with Crippen LogP contribution in [0.25, 0.3) is 71.6 Å². The monoisotopic (exact) mass is 638 g/mol. The molecule has 0 radical (unpaired) electrons. The summed E-state index contributed by atoms with van der Waals surface area (Å²) in [5.74, 6) is 0. The number of hydrogen-bond donors (Lipinski definition) is 0. The third-order valence-corrected chi connectivity index (χ3v) is 9.73. The van der Waals surface area contributed by atoms with Gasteiger partial charge in [-0.1, -0.05) is 115 Å². The highest BCUT2D eigenvalue weighted by Crippen LogP contribution is 2.40. The first-order valence-electron chi connectivity index (χ1n) is 16.9. The molecule has 234 valence electrons. The lowest BCUT2D eigenvalue weighted by atomic mass is 10.0. The summed E-state index contributed by atoms with van der Waals surface area (Å²) in [5, 5.41) is 3.21. The highest BCUT2D eigenvalue weighted by atomic mass is 15.1. The third-order valence-electron chi connectivity index (χ3n) is 9.73. The Hall–Kier alpha value is -6.78. The van der Waals surface area contributed by atoms with Gasteiger partial charge in [0.15, 0.2) is 0 Å². The summed E-state index contributed by atoms with van der Waals surface area (Å²) in [6.45, 7) is 0. The second-order valence-corrected chi connectivity index (χ2v) is 12.7. The maximum absolute atomic E-state index is 5.29. The summed E-state index contributed by atoms with van der Waals surface area (Å²) >= 11 is 0. The van der Waals surface area contributed by atoms with E-state index < -0.39 is 0 Å². The fourth-order valence-corrected chi connectivity index (χ4v) is 7.30. The van der Waals surface area contributed by atoms with E-state index in [2.05, 4.69) is 191 Å². The molecule has 0 spiro atoms. The number of fused-ring (bicyclic) bond motifs is 9. The Bertz CT molecular complexity index is 2760. The van der Waals surface area contributed by atoms with Crippen LogP contribution in [0.1, 0.15) is 0 Å². The van der Waals surface area contributed by atoms with E-state index in [0.29, 0.717) is 0 Å². The van der Waals surface area contributed by atoms with E-state index in [-0.39, 0.29) is 0 Å². The largest absolute Gasteiger partial charge is 0.310 e. The Morgan fingerprint density at radius 2 is 0.920 bits per heavy atom. The topological polar surface area (TPSA) is 33.4 Å². The summed E-state index contributed by atoms with van der Waals surface area (Å²) in [6.07, 6.45) is 0. The van der Waals surface area contributed by atoms with Crippen molar-refractivity contribution in [2.45, 2.75) is 0 Å². The molecule has 0 unspecified atom stereocenters. The Kier molecular flexibility index (Phi) is 6.46. The molecule has 7 aromatic carbocycles. The third kappa shape index (κ3) is 4.61. The van der Waals surface area contributed by atoms with E-state index in [1.165, 1.54) is 22.3 Å². The maximum Gasteiger partial charge on any atom is 0.147 e. The number of aromatic nitrogens is 3. The second kappa shape index (κ2) is 11.4. The number of rotatable bonds is 5. The van der Waals surface area contributed by atoms with Crippen LogP contribution >= 0.6 is 0 Å². The standard InChI is InChI=1S/C46H30N4/c1-3-11-31(12-4-1)33-19-23-36(24-20-33)49(37-25-21-34(22-26-37)32-13-5-2-6-14-32)38-27-28-43-39(30-38)45-40(29-35-15-7-8-16-41(35)47-45)46-48-42-17-9-10-18-44(42)50(43)46/h1-30H. The first kappa shape index (κ1) is 28.3. The molecular formula is C46H30N4. The Labute approximate surface area is 289 Å². The summed E-state index contributed by atoms with van der Waals surface area (Å²) in [4.78, 5) is 12.8. The van der Waals surface area contributed by atoms with Gasteiger partial charge in [-0.25, -0.2) is 9.97 Å². The van der Waals surface area contributed by atoms with Gasteiger partial charge in [0.1, 0.15) is 5.65 Å². The fraction of sp³-hybridized carbons (Fsp3) is 0. The zero-order valence-electron chi connectivity index (χ0n) is 27.1. The van der Waals surface area contributed by atoms with Crippen LogP contribution in [-0.4, -0.2) is 14.4 Å². The summed E-state index contributed by atoms with van der Waals surface area (Å²) in [5.41, 5.74) is 13.9. The van der Waals surface area contributed by atoms with E-state index in [4.69, 9.17) is 9.97 Å². The van der Waals surface area contributed by atoms with E-state index in [0.717, 1.165) is 66.5 Å². The van der Waals surface area contributed by atoms with Crippen molar-refractivity contribution in [3.63, 3.8) is 0 Å². The molecule has 0 aliphatic carbocycles. The van der Waals surface area contributed by atoms with Crippen molar-refractivity contribution in [1.82, 2.24) is 14.4 Å². The normalized spacial score (nSPS) is 11.6. The van der Waals surface area contributed by atoms with Crippen molar-refractivity contribution in [2.75, 3.05) is 4.90 Å². The van der Waals surface area contributed by atoms with Crippen molar-refractivity contribution in [3.05, 3.63) is 182 Å². The lowest BCUT2D eigenvalue weighted by molar-refractivity contribution is 1.27. The minimum atomic E-state index is 0.921. The van der Waals surface area contributed by atoms with Gasteiger partial charge in [0, 0.05) is 33.2 Å². The average molecular weight is 639 g/mol. The summed E-state index contributed by atoms with van der Waals surface area (Å²) < 4.78 is 2.29. The molecule has 4 heteroatoms. The first-order valence-corrected chi connectivity index (χ1v) is 16.9. The Morgan fingerprint density at radius 1 is 0.380 bits per heavy atom. The molecule has 3 heterocycles. The molecule has 0 N–H and O–H groups in total. The minimum Gasteiger partial charge on any atom is -0.310 e. The van der Waals surface area contributed by atoms with Crippen molar-refractivity contribution in [1.29, 1.82) is 0 Å². The highest BCUT2D eigenvalue weighted by molar-refractivity contribution is 6.15. The smallest absolute Gasteiger partial charge is 0.147 e. The van der Waals surface area contributed by atoms with Crippen LogP contribution in [-0.2, 0) is 0 Å². The SMILES string of the molecule is c1ccc(-c2ccc(N(c3ccc(-c4ccccc4)cc3)c3ccc4c(c3)c3nc5ccccc5cc3c3nc5ccccc5n43)cc2)cc1. The van der Waals surface area contributed by atoms with Crippen LogP contribution in [0.15, 0.2) is 182 Å². The molecule has 0 aliphatic rings. The molecule has 10 aromatic rings. The van der Waals surface area contributed by atoms with E-state index in [9.17, 15) is 0 Å². The summed E-state index contributed by atoms with van der Waals surface area (Å²) in [6, 6.07) is 64.5. The number of benzene rings is 7. The number of hydrogen-bond acceptors (Lipinski definition) is 3. The predicted octanol–water partition coefficient (Wildman–Crippen LogP) is 12.1. The molecule has 0 bridgehead atoms. The van der Waals surface area contributed by atoms with Crippen molar-refractivity contribution >= 4 is 66.5 Å². The van der Waals surface area contributed by atoms with E-state index >= 15 is 0 Å². The number of imidazole rings is 1. The van der Waals surface area contributed by atoms with Crippen molar-refractivity contribution < 1.29 is 0 Å². The molecule has 4 nitrogen and oxygen atoms in total. The average Bonchev–Trinajstić information content (AvgIpc) is 3.59. The van der Waals surface area contributed by atoms with Crippen LogP contribution in [0.3, 0.4) is 0 Å². The molecule has 10 rings (SSSR count). The van der Waals surface area contributed by atoms with Gasteiger partial charge < -0.3 is 4.90 Å². The minimum absolute atomic E-state index is 0.921. The Morgan fingerprint density at radius 3 is 1.58 bits per heavy atom. The molecule has 0 saturated carbocycles. The van der Waals surface area contributed by atoms with Gasteiger partial charge >= 0.3 is 0 Å². The second-order valence-electron chi connectivity index (χ2n) is 12.7. The van der Waals surface area contributed by atoms with E-state index in [1.807, 2.05) is 0 Å². The van der Waals surface area contributed by atoms with Gasteiger partial charge in [-0.3, -0.25) is 4.40 Å². The van der Waals surface area contributed by atoms with Crippen molar-refractivity contribution in [3.8, 4) is 22.3 Å². The quantitative estimate of drug-likeness (QED) is 0.139. The van der Waals surface area contributed by atoms with Crippen LogP contribution < -0.4 is 4.90 Å². The zero-order valence-corrected chi connectivity index (χ0v) is 27.1. The maximum atomic E-state index is 5.29. The van der Waals surface area contributed by atoms with Gasteiger partial charge in [0.05, 0.1) is 27.6 Å². The molecule has 3 aromatic heterocycles. The van der Waals surface area contributed by atoms with Crippen LogP contribution in [0.5, 0.6) is 0 Å². The van der Waals surface area contributed by atoms with Gasteiger partial charge in [-0.15, -0.1) is 0 Å². The molecular weight excluding hydrogens is 609 g/mol. The highest BCUT2D eigenvalue weighted by Gasteiger charge is 2.19. The molecule has 0 amide bonds. The summed E-state index contributed by atoms with van der Waals surface area (Å²) in [7, 11) is 0. The first-order chi connectivity index (χ1) is 24.8. The molecule has 0 aliphatic heterocycles. The molecule has 0 saturated heterocycles. The number of nitrogens with zero attached hydrogens (tertiary/aromatic N) is 4. The number of anilines is 3. The molecule has 0 fully saturated rings. The molecule has 50 heavy (non-hydrogen) atoms. The van der Waals surface area contributed by atoms with Crippen LogP contribution in [0.4, 0.5) is 17.1 Å². The zero-order chi connectivity index (χ0) is 33.0. The lowest BCUT2D eigenvalue weighted by Gasteiger charge is -2.26. The van der Waals surface area contributed by atoms with Gasteiger partial charge in [0.2, 0.25) is 0 Å².